The first-order valence-electron chi connectivity index (χ1n) is 7.27. The fourth-order valence-electron chi connectivity index (χ4n) is 2.81. The van der Waals surface area contributed by atoms with E-state index in [2.05, 4.69) is 10.0 Å². The molecule has 0 spiro atoms. The average Bonchev–Trinajstić information content (AvgIpc) is 2.52. The summed E-state index contributed by atoms with van der Waals surface area (Å²) < 4.78 is 0. The lowest BCUT2D eigenvalue weighted by Crippen LogP contribution is -2.32. The molecule has 2 rings (SSSR count). The van der Waals surface area contributed by atoms with Crippen molar-refractivity contribution >= 4 is 6.08 Å². The van der Waals surface area contributed by atoms with Crippen molar-refractivity contribution in [2.24, 2.45) is 11.0 Å². The molecule has 1 aromatic carbocycles. The lowest BCUT2D eigenvalue weighted by atomic mass is 9.82. The monoisotopic (exact) mass is 271 g/mol. The zero-order valence-corrected chi connectivity index (χ0v) is 11.6. The van der Waals surface area contributed by atoms with Crippen molar-refractivity contribution in [1.82, 2.24) is 0 Å². The maximum atomic E-state index is 10.4. The maximum Gasteiger partial charge on any atom is 0.0820 e. The minimum Gasteiger partial charge on any atom is -0.392 e. The molecule has 20 heavy (non-hydrogen) atoms. The van der Waals surface area contributed by atoms with Crippen LogP contribution in [0.25, 0.3) is 16.5 Å². The van der Waals surface area contributed by atoms with Crippen molar-refractivity contribution in [2.75, 3.05) is 0 Å². The van der Waals surface area contributed by atoms with E-state index >= 15 is 0 Å². The van der Waals surface area contributed by atoms with Gasteiger partial charge in [-0.2, -0.15) is 0 Å². The van der Waals surface area contributed by atoms with Crippen LogP contribution in [-0.2, 0) is 0 Å². The highest BCUT2D eigenvalue weighted by molar-refractivity contribution is 5.49. The molecule has 4 heteroatoms. The Hall–Kier alpha value is -1.77. The molecule has 0 heterocycles. The minimum atomic E-state index is -0.578. The summed E-state index contributed by atoms with van der Waals surface area (Å²) in [6.07, 6.45) is 8.76. The highest BCUT2D eigenvalue weighted by Crippen LogP contribution is 2.29. The third-order valence-electron chi connectivity index (χ3n) is 3.95. The van der Waals surface area contributed by atoms with E-state index in [0.717, 1.165) is 31.2 Å². The molecule has 1 aliphatic rings. The lowest BCUT2D eigenvalue weighted by molar-refractivity contribution is 0.0745. The summed E-state index contributed by atoms with van der Waals surface area (Å²) in [7, 11) is 0. The van der Waals surface area contributed by atoms with E-state index in [1.807, 2.05) is 42.5 Å². The Bertz CT molecular complexity index is 474. The van der Waals surface area contributed by atoms with E-state index < -0.39 is 12.1 Å². The molecular formula is C16H21N3O. The molecule has 0 amide bonds. The largest absolute Gasteiger partial charge is 0.392 e. The van der Waals surface area contributed by atoms with Gasteiger partial charge in [0.2, 0.25) is 0 Å². The standard InChI is InChI=1S/C16H21N3O/c17-19-18-15(12-11-13-7-3-1-4-8-13)16(20)14-9-5-2-6-10-14/h1,3-4,7-8,11-12,14-16,20H,2,5-6,9-10H2/b12-11+/t15-,16+/m0/s1. The van der Waals surface area contributed by atoms with Gasteiger partial charge in [-0.15, -0.1) is 0 Å². The summed E-state index contributed by atoms with van der Waals surface area (Å²) in [5, 5.41) is 14.2. The van der Waals surface area contributed by atoms with Crippen molar-refractivity contribution in [1.29, 1.82) is 0 Å². The molecule has 1 aromatic rings. The molecule has 0 bridgehead atoms. The maximum absolute atomic E-state index is 10.4. The van der Waals surface area contributed by atoms with Crippen LogP contribution in [0.4, 0.5) is 0 Å². The smallest absolute Gasteiger partial charge is 0.0820 e. The van der Waals surface area contributed by atoms with Crippen LogP contribution < -0.4 is 0 Å². The Kier molecular flexibility index (Phi) is 5.66. The van der Waals surface area contributed by atoms with Gasteiger partial charge in [0.25, 0.3) is 0 Å². The minimum absolute atomic E-state index is 0.250. The Morgan fingerprint density at radius 1 is 1.20 bits per heavy atom. The molecule has 1 aliphatic carbocycles. The molecule has 4 nitrogen and oxygen atoms in total. The molecule has 1 fully saturated rings. The van der Waals surface area contributed by atoms with Crippen molar-refractivity contribution in [3.8, 4) is 0 Å². The zero-order valence-electron chi connectivity index (χ0n) is 11.6. The predicted octanol–water partition coefficient (Wildman–Crippen LogP) is 4.32. The van der Waals surface area contributed by atoms with Gasteiger partial charge in [0.05, 0.1) is 12.1 Å². The van der Waals surface area contributed by atoms with Crippen molar-refractivity contribution in [2.45, 2.75) is 44.2 Å². The highest BCUT2D eigenvalue weighted by atomic mass is 16.3. The van der Waals surface area contributed by atoms with Gasteiger partial charge in [-0.1, -0.05) is 66.9 Å². The number of aliphatic hydroxyl groups excluding tert-OH is 1. The van der Waals surface area contributed by atoms with Crippen LogP contribution in [0.5, 0.6) is 0 Å². The summed E-state index contributed by atoms with van der Waals surface area (Å²) >= 11 is 0. The SMILES string of the molecule is [N-]=[N+]=N[C@@H](/C=C/c1ccccc1)[C@H](O)C1CCCCC1. The van der Waals surface area contributed by atoms with Gasteiger partial charge in [0, 0.05) is 4.91 Å². The zero-order chi connectivity index (χ0) is 14.2. The van der Waals surface area contributed by atoms with Gasteiger partial charge in [-0.05, 0) is 29.9 Å². The van der Waals surface area contributed by atoms with E-state index in [9.17, 15) is 5.11 Å². The molecule has 0 unspecified atom stereocenters. The Labute approximate surface area is 119 Å². The second-order valence-corrected chi connectivity index (χ2v) is 5.35. The quantitative estimate of drug-likeness (QED) is 0.483. The fourth-order valence-corrected chi connectivity index (χ4v) is 2.81. The van der Waals surface area contributed by atoms with Gasteiger partial charge in [-0.3, -0.25) is 0 Å². The second kappa shape index (κ2) is 7.73. The summed E-state index contributed by atoms with van der Waals surface area (Å²) in [5.41, 5.74) is 9.74. The number of aliphatic hydroxyl groups is 1. The first-order valence-corrected chi connectivity index (χ1v) is 7.27. The fraction of sp³-hybridized carbons (Fsp3) is 0.500. The summed E-state index contributed by atoms with van der Waals surface area (Å²) in [6, 6.07) is 9.36. The van der Waals surface area contributed by atoms with Crippen molar-refractivity contribution < 1.29 is 5.11 Å². The number of nitrogens with zero attached hydrogens (tertiary/aromatic N) is 3. The van der Waals surface area contributed by atoms with Crippen LogP contribution in [0.1, 0.15) is 37.7 Å². The molecule has 2 atom stereocenters. The summed E-state index contributed by atoms with van der Waals surface area (Å²) in [6.45, 7) is 0. The average molecular weight is 271 g/mol. The Morgan fingerprint density at radius 2 is 1.90 bits per heavy atom. The topological polar surface area (TPSA) is 69.0 Å². The third kappa shape index (κ3) is 4.12. The van der Waals surface area contributed by atoms with Crippen molar-refractivity contribution in [3.63, 3.8) is 0 Å². The molecular weight excluding hydrogens is 250 g/mol. The number of rotatable bonds is 5. The van der Waals surface area contributed by atoms with Crippen LogP contribution in [0.2, 0.25) is 0 Å². The predicted molar refractivity (Wildman–Crippen MR) is 81.0 cm³/mol. The van der Waals surface area contributed by atoms with Gasteiger partial charge >= 0.3 is 0 Å². The molecule has 1 saturated carbocycles. The van der Waals surface area contributed by atoms with Crippen LogP contribution >= 0.6 is 0 Å². The Balaban J connectivity index is 2.06. The molecule has 0 aliphatic heterocycles. The van der Waals surface area contributed by atoms with Crippen molar-refractivity contribution in [3.05, 3.63) is 52.4 Å². The summed E-state index contributed by atoms with van der Waals surface area (Å²) in [5.74, 6) is 0.250. The van der Waals surface area contributed by atoms with E-state index in [-0.39, 0.29) is 5.92 Å². The molecule has 1 N–H and O–H groups in total. The number of hydrogen-bond acceptors (Lipinski definition) is 2. The number of hydrogen-bond donors (Lipinski definition) is 1. The number of benzene rings is 1. The lowest BCUT2D eigenvalue weighted by Gasteiger charge is -2.28. The van der Waals surface area contributed by atoms with E-state index in [1.165, 1.54) is 6.42 Å². The van der Waals surface area contributed by atoms with Crippen LogP contribution in [0, 0.1) is 5.92 Å². The van der Waals surface area contributed by atoms with Crippen LogP contribution in [0.3, 0.4) is 0 Å². The van der Waals surface area contributed by atoms with Crippen LogP contribution in [0.15, 0.2) is 41.5 Å². The molecule has 106 valence electrons. The van der Waals surface area contributed by atoms with Gasteiger partial charge in [0.15, 0.2) is 0 Å². The van der Waals surface area contributed by atoms with Gasteiger partial charge in [0.1, 0.15) is 0 Å². The molecule has 0 aromatic heterocycles. The third-order valence-corrected chi connectivity index (χ3v) is 3.95. The van der Waals surface area contributed by atoms with Crippen LogP contribution in [-0.4, -0.2) is 17.3 Å². The normalized spacial score (nSPS) is 19.4. The highest BCUT2D eigenvalue weighted by Gasteiger charge is 2.26. The van der Waals surface area contributed by atoms with Gasteiger partial charge in [-0.25, -0.2) is 0 Å². The first-order chi connectivity index (χ1) is 9.81. The second-order valence-electron chi connectivity index (χ2n) is 5.35. The summed E-state index contributed by atoms with van der Waals surface area (Å²) in [4.78, 5) is 2.88. The van der Waals surface area contributed by atoms with E-state index in [1.54, 1.807) is 0 Å². The Morgan fingerprint density at radius 3 is 2.55 bits per heavy atom. The van der Waals surface area contributed by atoms with Gasteiger partial charge < -0.3 is 5.11 Å². The molecule has 0 radical (unpaired) electrons. The molecule has 0 saturated heterocycles. The first kappa shape index (κ1) is 14.6. The van der Waals surface area contributed by atoms with E-state index in [0.29, 0.717) is 0 Å². The van der Waals surface area contributed by atoms with E-state index in [4.69, 9.17) is 5.53 Å². The number of azide groups is 1.